The van der Waals surface area contributed by atoms with E-state index in [0.29, 0.717) is 12.3 Å². The van der Waals surface area contributed by atoms with Gasteiger partial charge in [0.1, 0.15) is 10.8 Å². The molecule has 1 unspecified atom stereocenters. The Labute approximate surface area is 206 Å². The average molecular weight is 493 g/mol. The van der Waals surface area contributed by atoms with Crippen molar-refractivity contribution in [2.45, 2.75) is 37.4 Å². The Kier molecular flexibility index (Phi) is 6.55. The molecule has 3 heterocycles. The van der Waals surface area contributed by atoms with Gasteiger partial charge in [-0.15, -0.1) is 28.1 Å². The Hall–Kier alpha value is -3.30. The number of ether oxygens (including phenoxy) is 3. The lowest BCUT2D eigenvalue weighted by Gasteiger charge is -2.16. The zero-order valence-electron chi connectivity index (χ0n) is 18.9. The maximum absolute atomic E-state index is 6.13. The average Bonchev–Trinajstić information content (AvgIpc) is 3.57. The first-order chi connectivity index (χ1) is 16.6. The SMILES string of the molecule is C=CCn1c(SCc2csc(-c3ccc4c(c3)OCO4)n2)nnc1C(C)Oc1cccc(C)c1. The van der Waals surface area contributed by atoms with Gasteiger partial charge in [0.25, 0.3) is 0 Å². The third-order valence-corrected chi connectivity index (χ3v) is 7.18. The summed E-state index contributed by atoms with van der Waals surface area (Å²) in [6, 6.07) is 13.9. The summed E-state index contributed by atoms with van der Waals surface area (Å²) < 4.78 is 19.1. The zero-order chi connectivity index (χ0) is 23.5. The van der Waals surface area contributed by atoms with Gasteiger partial charge in [0.2, 0.25) is 6.79 Å². The fraction of sp³-hybridized carbons (Fsp3) is 0.240. The van der Waals surface area contributed by atoms with Gasteiger partial charge in [-0.3, -0.25) is 4.57 Å². The molecule has 1 atom stereocenters. The smallest absolute Gasteiger partial charge is 0.231 e. The van der Waals surface area contributed by atoms with Crippen molar-refractivity contribution in [1.82, 2.24) is 19.7 Å². The number of aromatic nitrogens is 4. The second kappa shape index (κ2) is 9.90. The Bertz CT molecular complexity index is 1320. The van der Waals surface area contributed by atoms with Crippen molar-refractivity contribution in [1.29, 1.82) is 0 Å². The van der Waals surface area contributed by atoms with Gasteiger partial charge < -0.3 is 14.2 Å². The summed E-state index contributed by atoms with van der Waals surface area (Å²) in [4.78, 5) is 4.80. The standard InChI is InChI=1S/C25H24N4O3S2/c1-4-10-29-23(17(3)32-20-7-5-6-16(2)11-20)27-28-25(29)34-14-19-13-33-24(26-19)18-8-9-21-22(12-18)31-15-30-21/h4-9,11-13,17H,1,10,14-15H2,2-3H3. The number of aryl methyl sites for hydroxylation is 1. The van der Waals surface area contributed by atoms with E-state index in [2.05, 4.69) is 22.2 Å². The summed E-state index contributed by atoms with van der Waals surface area (Å²) in [5.74, 6) is 3.80. The number of allylic oxidation sites excluding steroid dienone is 1. The van der Waals surface area contributed by atoms with Gasteiger partial charge in [0.05, 0.1) is 5.69 Å². The summed E-state index contributed by atoms with van der Waals surface area (Å²) in [5, 5.41) is 12.7. The normalized spacial score (nSPS) is 13.1. The maximum Gasteiger partial charge on any atom is 0.231 e. The van der Waals surface area contributed by atoms with Crippen molar-refractivity contribution in [2.75, 3.05) is 6.79 Å². The largest absolute Gasteiger partial charge is 0.483 e. The number of hydrogen-bond acceptors (Lipinski definition) is 8. The monoisotopic (exact) mass is 492 g/mol. The molecule has 5 rings (SSSR count). The van der Waals surface area contributed by atoms with Crippen molar-refractivity contribution in [3.63, 3.8) is 0 Å². The molecule has 0 fully saturated rings. The maximum atomic E-state index is 6.13. The lowest BCUT2D eigenvalue weighted by molar-refractivity contribution is 0.174. The van der Waals surface area contributed by atoms with Gasteiger partial charge in [0.15, 0.2) is 28.6 Å². The number of nitrogens with zero attached hydrogens (tertiary/aromatic N) is 4. The van der Waals surface area contributed by atoms with Crippen LogP contribution in [0.3, 0.4) is 0 Å². The van der Waals surface area contributed by atoms with Crippen LogP contribution < -0.4 is 14.2 Å². The number of hydrogen-bond donors (Lipinski definition) is 0. The topological polar surface area (TPSA) is 71.3 Å². The fourth-order valence-electron chi connectivity index (χ4n) is 3.63. The highest BCUT2D eigenvalue weighted by atomic mass is 32.2. The van der Waals surface area contributed by atoms with E-state index < -0.39 is 0 Å². The van der Waals surface area contributed by atoms with Crippen LogP contribution in [0.15, 0.2) is 65.7 Å². The van der Waals surface area contributed by atoms with Gasteiger partial charge in [-0.2, -0.15) is 0 Å². The zero-order valence-corrected chi connectivity index (χ0v) is 20.6. The predicted octanol–water partition coefficient (Wildman–Crippen LogP) is 6.06. The number of fused-ring (bicyclic) bond motifs is 1. The number of rotatable bonds is 9. The van der Waals surface area contributed by atoms with E-state index >= 15 is 0 Å². The quantitative estimate of drug-likeness (QED) is 0.208. The first kappa shape index (κ1) is 22.5. The van der Waals surface area contributed by atoms with Crippen LogP contribution in [-0.4, -0.2) is 26.5 Å². The molecule has 2 aromatic heterocycles. The van der Waals surface area contributed by atoms with E-state index in [1.807, 2.05) is 67.0 Å². The highest BCUT2D eigenvalue weighted by Gasteiger charge is 2.20. The molecule has 0 aliphatic carbocycles. The molecular formula is C25H24N4O3S2. The minimum atomic E-state index is -0.250. The molecule has 0 N–H and O–H groups in total. The van der Waals surface area contributed by atoms with Crippen molar-refractivity contribution >= 4 is 23.1 Å². The van der Waals surface area contributed by atoms with Crippen LogP contribution in [0.4, 0.5) is 0 Å². The molecule has 34 heavy (non-hydrogen) atoms. The summed E-state index contributed by atoms with van der Waals surface area (Å²) in [7, 11) is 0. The molecule has 0 amide bonds. The summed E-state index contributed by atoms with van der Waals surface area (Å²) in [5.41, 5.74) is 3.16. The Balaban J connectivity index is 1.28. The molecule has 7 nitrogen and oxygen atoms in total. The van der Waals surface area contributed by atoms with Crippen LogP contribution in [0.25, 0.3) is 10.6 Å². The van der Waals surface area contributed by atoms with Crippen LogP contribution in [-0.2, 0) is 12.3 Å². The summed E-state index contributed by atoms with van der Waals surface area (Å²) in [6.07, 6.45) is 1.59. The summed E-state index contributed by atoms with van der Waals surface area (Å²) in [6.45, 7) is 8.79. The van der Waals surface area contributed by atoms with Gasteiger partial charge in [-0.05, 0) is 49.7 Å². The van der Waals surface area contributed by atoms with E-state index in [9.17, 15) is 0 Å². The Morgan fingerprint density at radius 3 is 2.94 bits per heavy atom. The molecular weight excluding hydrogens is 468 g/mol. The van der Waals surface area contributed by atoms with Gasteiger partial charge in [-0.25, -0.2) is 4.98 Å². The Morgan fingerprint density at radius 1 is 1.21 bits per heavy atom. The van der Waals surface area contributed by atoms with Crippen molar-refractivity contribution in [3.8, 4) is 27.8 Å². The Morgan fingerprint density at radius 2 is 2.09 bits per heavy atom. The number of thiazole rings is 1. The lowest BCUT2D eigenvalue weighted by atomic mass is 10.2. The first-order valence-corrected chi connectivity index (χ1v) is 12.7. The molecule has 4 aromatic rings. The fourth-order valence-corrected chi connectivity index (χ4v) is 5.40. The van der Waals surface area contributed by atoms with E-state index in [1.54, 1.807) is 23.1 Å². The third kappa shape index (κ3) is 4.80. The molecule has 0 saturated carbocycles. The second-order valence-corrected chi connectivity index (χ2v) is 9.62. The molecule has 0 bridgehead atoms. The van der Waals surface area contributed by atoms with E-state index in [0.717, 1.165) is 50.1 Å². The minimum Gasteiger partial charge on any atom is -0.483 e. The molecule has 174 valence electrons. The molecule has 0 spiro atoms. The lowest BCUT2D eigenvalue weighted by Crippen LogP contribution is -2.12. The number of benzene rings is 2. The first-order valence-electron chi connectivity index (χ1n) is 10.9. The van der Waals surface area contributed by atoms with Crippen LogP contribution in [0.2, 0.25) is 0 Å². The van der Waals surface area contributed by atoms with Crippen LogP contribution in [0.5, 0.6) is 17.2 Å². The van der Waals surface area contributed by atoms with E-state index in [1.165, 1.54) is 0 Å². The number of thioether (sulfide) groups is 1. The third-order valence-electron chi connectivity index (χ3n) is 5.24. The van der Waals surface area contributed by atoms with Crippen molar-refractivity contribution in [2.24, 2.45) is 0 Å². The minimum absolute atomic E-state index is 0.250. The van der Waals surface area contributed by atoms with Gasteiger partial charge >= 0.3 is 0 Å². The predicted molar refractivity (Wildman–Crippen MR) is 134 cm³/mol. The van der Waals surface area contributed by atoms with E-state index in [-0.39, 0.29) is 12.9 Å². The van der Waals surface area contributed by atoms with Crippen LogP contribution in [0, 0.1) is 6.92 Å². The molecule has 0 radical (unpaired) electrons. The molecule has 2 aromatic carbocycles. The van der Waals surface area contributed by atoms with Crippen LogP contribution >= 0.6 is 23.1 Å². The highest BCUT2D eigenvalue weighted by molar-refractivity contribution is 7.98. The molecule has 0 saturated heterocycles. The van der Waals surface area contributed by atoms with Crippen molar-refractivity contribution < 1.29 is 14.2 Å². The molecule has 9 heteroatoms. The van der Waals surface area contributed by atoms with Crippen molar-refractivity contribution in [3.05, 3.63) is 77.6 Å². The highest BCUT2D eigenvalue weighted by Crippen LogP contribution is 2.37. The summed E-state index contributed by atoms with van der Waals surface area (Å²) >= 11 is 3.21. The molecule has 1 aliphatic rings. The van der Waals surface area contributed by atoms with Crippen LogP contribution in [0.1, 0.15) is 30.1 Å². The molecule has 1 aliphatic heterocycles. The van der Waals surface area contributed by atoms with Gasteiger partial charge in [-0.1, -0.05) is 30.0 Å². The van der Waals surface area contributed by atoms with Gasteiger partial charge in [0, 0.05) is 23.2 Å². The second-order valence-electron chi connectivity index (χ2n) is 7.82. The van der Waals surface area contributed by atoms with E-state index in [4.69, 9.17) is 19.2 Å².